The van der Waals surface area contributed by atoms with Gasteiger partial charge in [-0.05, 0) is 55.5 Å². The Morgan fingerprint density at radius 3 is 1.31 bits per heavy atom. The van der Waals surface area contributed by atoms with E-state index in [1.54, 1.807) is 6.92 Å². The topological polar surface area (TPSA) is 49.3 Å². The average molecular weight is 438 g/mol. The summed E-state index contributed by atoms with van der Waals surface area (Å²) in [7, 11) is -2.70. The Morgan fingerprint density at radius 2 is 0.969 bits per heavy atom. The van der Waals surface area contributed by atoms with Gasteiger partial charge in [0.25, 0.3) is 5.91 Å². The molecule has 0 spiro atoms. The number of amides is 1. The Morgan fingerprint density at radius 1 is 0.625 bits per heavy atom. The van der Waals surface area contributed by atoms with E-state index < -0.39 is 7.26 Å². The molecule has 0 atom stereocenters. The number of aliphatic hydroxyl groups is 1. The lowest BCUT2D eigenvalue weighted by Crippen LogP contribution is -2.36. The van der Waals surface area contributed by atoms with Gasteiger partial charge in [-0.2, -0.15) is 0 Å². The molecule has 0 saturated carbocycles. The van der Waals surface area contributed by atoms with Gasteiger partial charge in [0.1, 0.15) is 21.7 Å². The zero-order chi connectivity index (χ0) is 22.4. The molecule has 0 radical (unpaired) electrons. The number of rotatable bonds is 6. The molecule has 0 aromatic heterocycles. The summed E-state index contributed by atoms with van der Waals surface area (Å²) in [5.74, 6) is -0.288. The van der Waals surface area contributed by atoms with Crippen molar-refractivity contribution in [1.82, 2.24) is 0 Å². The van der Waals surface area contributed by atoms with E-state index in [0.29, 0.717) is 11.0 Å². The molecule has 0 bridgehead atoms. The minimum atomic E-state index is -2.70. The fourth-order valence-corrected chi connectivity index (χ4v) is 8.43. The van der Waals surface area contributed by atoms with E-state index in [1.165, 1.54) is 0 Å². The summed E-state index contributed by atoms with van der Waals surface area (Å²) < 4.78 is 0. The molecule has 158 valence electrons. The van der Waals surface area contributed by atoms with Crippen LogP contribution in [0.25, 0.3) is 0 Å². The quantitative estimate of drug-likeness (QED) is 0.240. The molecule has 4 heteroatoms. The lowest BCUT2D eigenvalue weighted by molar-refractivity contribution is -0.112. The fraction of sp³-hybridized carbons (Fsp3) is 0.0357. The molecule has 1 amide bonds. The van der Waals surface area contributed by atoms with Crippen LogP contribution in [-0.2, 0) is 4.79 Å². The Hall–Kier alpha value is -3.68. The van der Waals surface area contributed by atoms with Crippen LogP contribution in [0.15, 0.2) is 132 Å². The first-order chi connectivity index (χ1) is 15.6. The third-order valence-electron chi connectivity index (χ3n) is 5.36. The number of nitrogens with one attached hydrogen (secondary N) is 1. The van der Waals surface area contributed by atoms with Crippen molar-refractivity contribution in [3.05, 3.63) is 132 Å². The van der Waals surface area contributed by atoms with Crippen molar-refractivity contribution in [3.8, 4) is 0 Å². The van der Waals surface area contributed by atoms with Crippen LogP contribution in [0.3, 0.4) is 0 Å². The van der Waals surface area contributed by atoms with Crippen LogP contribution in [-0.4, -0.2) is 11.0 Å². The van der Waals surface area contributed by atoms with Crippen LogP contribution >= 0.6 is 7.26 Å². The van der Waals surface area contributed by atoms with Gasteiger partial charge in [0.15, 0.2) is 7.26 Å². The molecule has 4 aromatic rings. The van der Waals surface area contributed by atoms with E-state index in [9.17, 15) is 9.90 Å². The zero-order valence-corrected chi connectivity index (χ0v) is 18.7. The molecule has 0 saturated heterocycles. The van der Waals surface area contributed by atoms with Crippen LogP contribution in [0.1, 0.15) is 6.92 Å². The third kappa shape index (κ3) is 4.08. The number of benzene rings is 4. The van der Waals surface area contributed by atoms with Crippen LogP contribution < -0.4 is 21.2 Å². The molecule has 0 unspecified atom stereocenters. The van der Waals surface area contributed by atoms with E-state index in [1.807, 2.05) is 121 Å². The molecule has 0 aliphatic carbocycles. The molecule has 0 aliphatic rings. The molecular formula is C28H25NO2P+. The maximum Gasteiger partial charge on any atom is 0.295 e. The summed E-state index contributed by atoms with van der Waals surface area (Å²) in [6.45, 7) is 1.60. The monoisotopic (exact) mass is 438 g/mol. The zero-order valence-electron chi connectivity index (χ0n) is 17.8. The molecule has 2 N–H and O–H groups in total. The van der Waals surface area contributed by atoms with Crippen LogP contribution in [0, 0.1) is 0 Å². The van der Waals surface area contributed by atoms with Gasteiger partial charge in [0.2, 0.25) is 5.31 Å². The minimum Gasteiger partial charge on any atom is -0.508 e. The second-order valence-electron chi connectivity index (χ2n) is 7.43. The number of allylic oxidation sites excluding steroid dienone is 1. The standard InChI is InChI=1S/C28H24NO2P/c1-22(30)27(28(31)29-23-14-6-2-7-15-23)32(24-16-8-3-9-17-24,25-18-10-4-11-19-25)26-20-12-5-13-21-26/h2-21H,1H3,(H-,29,30,31)/p+1. The van der Waals surface area contributed by atoms with Gasteiger partial charge in [-0.3, -0.25) is 4.79 Å². The van der Waals surface area contributed by atoms with Crippen LogP contribution in [0.5, 0.6) is 0 Å². The number of carbonyl (C=O) groups excluding carboxylic acids is 1. The van der Waals surface area contributed by atoms with E-state index in [2.05, 4.69) is 5.32 Å². The van der Waals surface area contributed by atoms with Crippen molar-refractivity contribution in [2.75, 3.05) is 5.32 Å². The van der Waals surface area contributed by atoms with Crippen LogP contribution in [0.2, 0.25) is 0 Å². The molecule has 0 aliphatic heterocycles. The molecule has 0 heterocycles. The Bertz CT molecular complexity index is 1110. The predicted octanol–water partition coefficient (Wildman–Crippen LogP) is 5.41. The lowest BCUT2D eigenvalue weighted by atomic mass is 10.3. The third-order valence-corrected chi connectivity index (χ3v) is 9.77. The summed E-state index contributed by atoms with van der Waals surface area (Å²) in [5.41, 5.74) is 0.684. The minimum absolute atomic E-state index is 0.0170. The summed E-state index contributed by atoms with van der Waals surface area (Å²) in [6, 6.07) is 39.4. The highest BCUT2D eigenvalue weighted by Crippen LogP contribution is 2.63. The number of aliphatic hydroxyl groups excluding tert-OH is 1. The highest BCUT2D eigenvalue weighted by atomic mass is 31.2. The van der Waals surface area contributed by atoms with E-state index >= 15 is 0 Å². The molecule has 0 fully saturated rings. The normalized spacial score (nSPS) is 12.0. The molecule has 3 nitrogen and oxygen atoms in total. The second-order valence-corrected chi connectivity index (χ2v) is 10.8. The van der Waals surface area contributed by atoms with Gasteiger partial charge < -0.3 is 10.4 Å². The summed E-state index contributed by atoms with van der Waals surface area (Å²) in [6.07, 6.45) is 0. The number of anilines is 1. The Kier molecular flexibility index (Phi) is 6.49. The van der Waals surface area contributed by atoms with Crippen molar-refractivity contribution in [1.29, 1.82) is 0 Å². The SMILES string of the molecule is C/C(O)=C(/C(=O)Nc1ccccc1)[P+](c1ccccc1)(c1ccccc1)c1ccccc1. The highest BCUT2D eigenvalue weighted by molar-refractivity contribution is 7.99. The van der Waals surface area contributed by atoms with E-state index in [4.69, 9.17) is 0 Å². The first kappa shape index (κ1) is 21.5. The van der Waals surface area contributed by atoms with Crippen molar-refractivity contribution in [2.45, 2.75) is 6.92 Å². The second kappa shape index (κ2) is 9.64. The lowest BCUT2D eigenvalue weighted by Gasteiger charge is -2.29. The molecular weight excluding hydrogens is 413 g/mol. The summed E-state index contributed by atoms with van der Waals surface area (Å²) >= 11 is 0. The first-order valence-corrected chi connectivity index (χ1v) is 12.3. The average Bonchev–Trinajstić information content (AvgIpc) is 2.84. The molecule has 4 aromatic carbocycles. The van der Waals surface area contributed by atoms with Crippen molar-refractivity contribution < 1.29 is 9.90 Å². The smallest absolute Gasteiger partial charge is 0.295 e. The van der Waals surface area contributed by atoms with Crippen molar-refractivity contribution in [3.63, 3.8) is 0 Å². The fourth-order valence-electron chi connectivity index (χ4n) is 4.06. The maximum absolute atomic E-state index is 13.8. The Labute approximate surface area is 189 Å². The number of para-hydroxylation sites is 1. The van der Waals surface area contributed by atoms with Crippen molar-refractivity contribution in [2.24, 2.45) is 0 Å². The summed E-state index contributed by atoms with van der Waals surface area (Å²) in [5, 5.41) is 17.4. The van der Waals surface area contributed by atoms with Gasteiger partial charge in [0, 0.05) is 5.69 Å². The summed E-state index contributed by atoms with van der Waals surface area (Å²) in [4.78, 5) is 13.8. The number of carbonyl (C=O) groups is 1. The predicted molar refractivity (Wildman–Crippen MR) is 136 cm³/mol. The van der Waals surface area contributed by atoms with Gasteiger partial charge in [-0.25, -0.2) is 0 Å². The van der Waals surface area contributed by atoms with Gasteiger partial charge in [0.05, 0.1) is 0 Å². The van der Waals surface area contributed by atoms with Crippen molar-refractivity contribution >= 4 is 34.8 Å². The largest absolute Gasteiger partial charge is 0.508 e. The van der Waals surface area contributed by atoms with Crippen LogP contribution in [0.4, 0.5) is 5.69 Å². The maximum atomic E-state index is 13.8. The van der Waals surface area contributed by atoms with E-state index in [-0.39, 0.29) is 11.7 Å². The van der Waals surface area contributed by atoms with E-state index in [0.717, 1.165) is 15.9 Å². The van der Waals surface area contributed by atoms with Gasteiger partial charge >= 0.3 is 0 Å². The van der Waals surface area contributed by atoms with Gasteiger partial charge in [-0.15, -0.1) is 0 Å². The highest BCUT2D eigenvalue weighted by Gasteiger charge is 2.54. The first-order valence-electron chi connectivity index (χ1n) is 10.5. The Balaban J connectivity index is 2.04. The van der Waals surface area contributed by atoms with Gasteiger partial charge in [-0.1, -0.05) is 72.8 Å². The number of hydrogen-bond acceptors (Lipinski definition) is 2. The molecule has 32 heavy (non-hydrogen) atoms. The number of hydrogen-bond donors (Lipinski definition) is 2. The molecule has 4 rings (SSSR count).